The molecule has 0 aromatic heterocycles. The Morgan fingerprint density at radius 2 is 1.92 bits per heavy atom. The summed E-state index contributed by atoms with van der Waals surface area (Å²) in [5.41, 5.74) is 5.59. The third kappa shape index (κ3) is 7.81. The maximum Gasteiger partial charge on any atom is 0.334 e. The quantitative estimate of drug-likeness (QED) is 0.437. The molecule has 78 valence electrons. The number of hydrogen-bond donors (Lipinski definition) is 1. The maximum atomic E-state index is 11.0. The van der Waals surface area contributed by atoms with Gasteiger partial charge in [0.05, 0.1) is 0 Å². The van der Waals surface area contributed by atoms with E-state index in [4.69, 9.17) is 5.73 Å². The van der Waals surface area contributed by atoms with E-state index in [0.29, 0.717) is 12.0 Å². The van der Waals surface area contributed by atoms with Gasteiger partial charge in [0.2, 0.25) is 0 Å². The number of halogens is 1. The fourth-order valence-corrected chi connectivity index (χ4v) is 0.890. The average Bonchev–Trinajstić information content (AvgIpc) is 1.84. The summed E-state index contributed by atoms with van der Waals surface area (Å²) in [6.07, 6.45) is 0.631. The van der Waals surface area contributed by atoms with Crippen molar-refractivity contribution >= 4 is 18.4 Å². The van der Waals surface area contributed by atoms with Gasteiger partial charge in [0.1, 0.15) is 6.73 Å². The van der Waals surface area contributed by atoms with Gasteiger partial charge < -0.3 is 4.74 Å². The van der Waals surface area contributed by atoms with Gasteiger partial charge >= 0.3 is 5.97 Å². The van der Waals surface area contributed by atoms with E-state index in [9.17, 15) is 4.79 Å². The molecule has 2 N–H and O–H groups in total. The number of esters is 1. The first-order chi connectivity index (χ1) is 5.37. The molecule has 0 aliphatic heterocycles. The van der Waals surface area contributed by atoms with E-state index in [0.717, 1.165) is 0 Å². The third-order valence-electron chi connectivity index (χ3n) is 1.25. The van der Waals surface area contributed by atoms with Gasteiger partial charge in [-0.15, -0.1) is 12.4 Å². The minimum Gasteiger partial charge on any atom is -0.447 e. The van der Waals surface area contributed by atoms with Gasteiger partial charge in [-0.3, -0.25) is 5.73 Å². The molecule has 0 fully saturated rings. The summed E-state index contributed by atoms with van der Waals surface area (Å²) in [6.45, 7) is 9.65. The average molecular weight is 208 g/mol. The van der Waals surface area contributed by atoms with Crippen LogP contribution in [0, 0.1) is 5.41 Å². The smallest absolute Gasteiger partial charge is 0.334 e. The van der Waals surface area contributed by atoms with Gasteiger partial charge in [-0.25, -0.2) is 4.79 Å². The largest absolute Gasteiger partial charge is 0.447 e. The molecule has 4 heteroatoms. The summed E-state index contributed by atoms with van der Waals surface area (Å²) in [5.74, 6) is -0.396. The van der Waals surface area contributed by atoms with Gasteiger partial charge in [-0.2, -0.15) is 0 Å². The normalized spacial score (nSPS) is 10.2. The highest BCUT2D eigenvalue weighted by Crippen LogP contribution is 2.23. The van der Waals surface area contributed by atoms with Crippen LogP contribution >= 0.6 is 12.4 Å². The lowest BCUT2D eigenvalue weighted by molar-refractivity contribution is -0.139. The highest BCUT2D eigenvalue weighted by Gasteiger charge is 2.17. The molecule has 0 saturated heterocycles. The van der Waals surface area contributed by atoms with Crippen LogP contribution in [0.4, 0.5) is 0 Å². The summed E-state index contributed by atoms with van der Waals surface area (Å²) >= 11 is 0. The Hall–Kier alpha value is -0.540. The van der Waals surface area contributed by atoms with E-state index in [-0.39, 0.29) is 24.6 Å². The van der Waals surface area contributed by atoms with Crippen LogP contribution < -0.4 is 5.73 Å². The van der Waals surface area contributed by atoms with Crippen LogP contribution in [-0.4, -0.2) is 12.7 Å². The van der Waals surface area contributed by atoms with Crippen molar-refractivity contribution in [1.29, 1.82) is 0 Å². The van der Waals surface area contributed by atoms with Crippen LogP contribution in [-0.2, 0) is 9.53 Å². The number of carbonyl (C=O) groups is 1. The number of rotatable bonds is 3. The zero-order chi connectivity index (χ0) is 9.78. The van der Waals surface area contributed by atoms with E-state index in [1.54, 1.807) is 0 Å². The second kappa shape index (κ2) is 6.00. The lowest BCUT2D eigenvalue weighted by atomic mass is 9.88. The van der Waals surface area contributed by atoms with E-state index < -0.39 is 5.97 Å². The molecule has 0 saturated carbocycles. The predicted octanol–water partition coefficient (Wildman–Crippen LogP) is 1.86. The fourth-order valence-electron chi connectivity index (χ4n) is 0.890. The van der Waals surface area contributed by atoms with Crippen molar-refractivity contribution in [3.63, 3.8) is 0 Å². The predicted molar refractivity (Wildman–Crippen MR) is 55.6 cm³/mol. The van der Waals surface area contributed by atoms with Gasteiger partial charge in [0.25, 0.3) is 0 Å². The van der Waals surface area contributed by atoms with Crippen LogP contribution in [0.5, 0.6) is 0 Å². The maximum absolute atomic E-state index is 11.0. The van der Waals surface area contributed by atoms with Crippen LogP contribution in [0.15, 0.2) is 12.2 Å². The van der Waals surface area contributed by atoms with Gasteiger partial charge in [-0.05, 0) is 11.8 Å². The standard InChI is InChI=1S/C9H17NO2.ClH/c1-7(5-9(2,3)4)8(11)12-6-10;/h1,5-6,10H2,2-4H3;1H. The minimum atomic E-state index is -0.396. The summed E-state index contributed by atoms with van der Waals surface area (Å²) in [6, 6.07) is 0. The Morgan fingerprint density at radius 3 is 2.23 bits per heavy atom. The van der Waals surface area contributed by atoms with Gasteiger partial charge in [0.15, 0.2) is 0 Å². The van der Waals surface area contributed by atoms with Crippen LogP contribution in [0.2, 0.25) is 0 Å². The second-order valence-electron chi connectivity index (χ2n) is 3.94. The third-order valence-corrected chi connectivity index (χ3v) is 1.25. The first kappa shape index (κ1) is 15.0. The summed E-state index contributed by atoms with van der Waals surface area (Å²) < 4.78 is 4.59. The highest BCUT2D eigenvalue weighted by molar-refractivity contribution is 5.87. The molecule has 0 radical (unpaired) electrons. The first-order valence-corrected chi connectivity index (χ1v) is 3.92. The van der Waals surface area contributed by atoms with Crippen molar-refractivity contribution in [3.05, 3.63) is 12.2 Å². The zero-order valence-electron chi connectivity index (χ0n) is 8.42. The molecule has 0 aromatic carbocycles. The molecule has 0 aliphatic rings. The fraction of sp³-hybridized carbons (Fsp3) is 0.667. The van der Waals surface area contributed by atoms with Crippen molar-refractivity contribution < 1.29 is 9.53 Å². The molecule has 13 heavy (non-hydrogen) atoms. The van der Waals surface area contributed by atoms with Crippen molar-refractivity contribution in [1.82, 2.24) is 0 Å². The Bertz CT molecular complexity index is 185. The lowest BCUT2D eigenvalue weighted by Gasteiger charge is -2.18. The molecular formula is C9H18ClNO2. The van der Waals surface area contributed by atoms with E-state index >= 15 is 0 Å². The highest BCUT2D eigenvalue weighted by atomic mass is 35.5. The van der Waals surface area contributed by atoms with Gasteiger partial charge in [0, 0.05) is 5.57 Å². The van der Waals surface area contributed by atoms with Crippen molar-refractivity contribution in [2.75, 3.05) is 6.73 Å². The summed E-state index contributed by atoms with van der Waals surface area (Å²) in [7, 11) is 0. The molecule has 0 unspecified atom stereocenters. The molecule has 0 aliphatic carbocycles. The van der Waals surface area contributed by atoms with Gasteiger partial charge in [-0.1, -0.05) is 27.4 Å². The Balaban J connectivity index is 0. The number of ether oxygens (including phenoxy) is 1. The van der Waals surface area contributed by atoms with Crippen LogP contribution in [0.25, 0.3) is 0 Å². The number of nitrogens with two attached hydrogens (primary N) is 1. The summed E-state index contributed by atoms with van der Waals surface area (Å²) in [4.78, 5) is 11.0. The van der Waals surface area contributed by atoms with E-state index in [1.807, 2.05) is 20.8 Å². The lowest BCUT2D eigenvalue weighted by Crippen LogP contribution is -2.17. The molecule has 0 amide bonds. The first-order valence-electron chi connectivity index (χ1n) is 3.92. The molecule has 3 nitrogen and oxygen atoms in total. The van der Waals surface area contributed by atoms with Crippen LogP contribution in [0.3, 0.4) is 0 Å². The molecule has 0 aromatic rings. The topological polar surface area (TPSA) is 52.3 Å². The number of hydrogen-bond acceptors (Lipinski definition) is 3. The van der Waals surface area contributed by atoms with E-state index in [2.05, 4.69) is 11.3 Å². The van der Waals surface area contributed by atoms with Crippen molar-refractivity contribution in [2.24, 2.45) is 11.1 Å². The molecule has 0 atom stereocenters. The Kier molecular flexibility index (Phi) is 6.90. The molecule has 0 bridgehead atoms. The van der Waals surface area contributed by atoms with E-state index in [1.165, 1.54) is 0 Å². The molecule has 0 heterocycles. The Labute approximate surface area is 85.7 Å². The Morgan fingerprint density at radius 1 is 1.46 bits per heavy atom. The molecular weight excluding hydrogens is 190 g/mol. The van der Waals surface area contributed by atoms with Crippen molar-refractivity contribution in [3.8, 4) is 0 Å². The molecule has 0 rings (SSSR count). The molecule has 0 spiro atoms. The second-order valence-corrected chi connectivity index (χ2v) is 3.94. The SMILES string of the molecule is C=C(CC(C)(C)C)C(=O)OCN.Cl. The summed E-state index contributed by atoms with van der Waals surface area (Å²) in [5, 5.41) is 0. The van der Waals surface area contributed by atoms with Crippen LogP contribution in [0.1, 0.15) is 27.2 Å². The monoisotopic (exact) mass is 207 g/mol. The minimum absolute atomic E-state index is 0. The van der Waals surface area contributed by atoms with Crippen molar-refractivity contribution in [2.45, 2.75) is 27.2 Å². The zero-order valence-corrected chi connectivity index (χ0v) is 9.24. The number of carbonyl (C=O) groups excluding carboxylic acids is 1.